The normalized spacial score (nSPS) is 10.4. The number of nitrogens with zero attached hydrogens (tertiary/aromatic N) is 2. The molecular weight excluding hydrogens is 336 g/mol. The number of aromatic nitrogens is 2. The van der Waals surface area contributed by atoms with E-state index in [9.17, 15) is 9.59 Å². The molecule has 0 saturated heterocycles. The van der Waals surface area contributed by atoms with Crippen LogP contribution >= 0.6 is 15.9 Å². The maximum absolute atomic E-state index is 12.0. The Morgan fingerprint density at radius 3 is 2.48 bits per heavy atom. The quantitative estimate of drug-likeness (QED) is 0.614. The van der Waals surface area contributed by atoms with E-state index in [1.54, 1.807) is 29.9 Å². The average Bonchev–Trinajstić information content (AvgIpc) is 2.84. The Labute approximate surface area is 131 Å². The molecule has 0 atom stereocenters. The summed E-state index contributed by atoms with van der Waals surface area (Å²) in [4.78, 5) is 23.4. The van der Waals surface area contributed by atoms with Gasteiger partial charge in [0.25, 0.3) is 0 Å². The number of Topliss-reactive ketones (excluding diaryl/α,β-unsaturated/α-hetero) is 1. The van der Waals surface area contributed by atoms with Gasteiger partial charge in [0.1, 0.15) is 10.3 Å². The molecule has 0 radical (unpaired) electrons. The third-order valence-electron chi connectivity index (χ3n) is 3.12. The molecule has 0 spiro atoms. The van der Waals surface area contributed by atoms with E-state index in [-0.39, 0.29) is 11.8 Å². The van der Waals surface area contributed by atoms with Crippen molar-refractivity contribution < 1.29 is 14.3 Å². The summed E-state index contributed by atoms with van der Waals surface area (Å²) in [6.07, 6.45) is 0.982. The number of benzene rings is 1. The molecule has 0 unspecified atom stereocenters. The molecule has 1 aromatic heterocycles. The Morgan fingerprint density at radius 1 is 1.29 bits per heavy atom. The highest BCUT2D eigenvalue weighted by Gasteiger charge is 2.12. The fourth-order valence-corrected chi connectivity index (χ4v) is 2.19. The van der Waals surface area contributed by atoms with E-state index in [0.29, 0.717) is 24.1 Å². The minimum absolute atomic E-state index is 0.00616. The second kappa shape index (κ2) is 6.67. The largest absolute Gasteiger partial charge is 0.465 e. The van der Waals surface area contributed by atoms with Crippen LogP contribution in [0.4, 0.5) is 0 Å². The van der Waals surface area contributed by atoms with Crippen LogP contribution in [0.1, 0.15) is 32.8 Å². The number of hydrogen-bond acceptors (Lipinski definition) is 4. The average molecular weight is 351 g/mol. The topological polar surface area (TPSA) is 61.2 Å². The lowest BCUT2D eigenvalue weighted by molar-refractivity contribution is 0.0600. The minimum Gasteiger partial charge on any atom is -0.465 e. The number of rotatable bonds is 5. The van der Waals surface area contributed by atoms with E-state index in [0.717, 1.165) is 10.2 Å². The second-order valence-electron chi connectivity index (χ2n) is 4.59. The Kier molecular flexibility index (Phi) is 4.90. The minimum atomic E-state index is -0.365. The molecule has 0 aliphatic rings. The van der Waals surface area contributed by atoms with Gasteiger partial charge in [-0.15, -0.1) is 0 Å². The van der Waals surface area contributed by atoms with E-state index >= 15 is 0 Å². The predicted octanol–water partition coefficient (Wildman–Crippen LogP) is 2.78. The zero-order chi connectivity index (χ0) is 15.4. The first kappa shape index (κ1) is 15.4. The Hall–Kier alpha value is -1.95. The third-order valence-corrected chi connectivity index (χ3v) is 3.87. The molecule has 0 N–H and O–H groups in total. The molecule has 0 aliphatic heterocycles. The number of carbonyl (C=O) groups excluding carboxylic acids is 2. The number of hydrogen-bond donors (Lipinski definition) is 0. The van der Waals surface area contributed by atoms with Gasteiger partial charge in [-0.05, 0) is 40.0 Å². The van der Waals surface area contributed by atoms with E-state index < -0.39 is 0 Å². The summed E-state index contributed by atoms with van der Waals surface area (Å²) < 4.78 is 7.02. The van der Waals surface area contributed by atoms with Crippen LogP contribution in [0.2, 0.25) is 0 Å². The van der Waals surface area contributed by atoms with E-state index in [4.69, 9.17) is 0 Å². The maximum atomic E-state index is 12.0. The zero-order valence-electron chi connectivity index (χ0n) is 11.8. The van der Waals surface area contributed by atoms with Crippen molar-refractivity contribution in [2.45, 2.75) is 12.8 Å². The number of halogens is 1. The molecule has 0 bridgehead atoms. The van der Waals surface area contributed by atoms with Crippen LogP contribution in [0.15, 0.2) is 34.9 Å². The monoisotopic (exact) mass is 350 g/mol. The van der Waals surface area contributed by atoms with Gasteiger partial charge < -0.3 is 4.74 Å². The standard InChI is InChI=1S/C15H15BrN2O3/c1-18-14(16)9-12(17-18)13(19)8-5-10-3-6-11(7-4-10)15(20)21-2/h3-4,6-7,9H,5,8H2,1-2H3. The summed E-state index contributed by atoms with van der Waals surface area (Å²) in [5, 5.41) is 4.13. The smallest absolute Gasteiger partial charge is 0.337 e. The highest BCUT2D eigenvalue weighted by atomic mass is 79.9. The number of methoxy groups -OCH3 is 1. The van der Waals surface area contributed by atoms with Crippen LogP contribution in [0, 0.1) is 0 Å². The lowest BCUT2D eigenvalue weighted by Gasteiger charge is -2.02. The molecule has 5 nitrogen and oxygen atoms in total. The number of carbonyl (C=O) groups is 2. The maximum Gasteiger partial charge on any atom is 0.337 e. The molecule has 0 amide bonds. The number of esters is 1. The summed E-state index contributed by atoms with van der Waals surface area (Å²) >= 11 is 3.31. The van der Waals surface area contributed by atoms with Gasteiger partial charge in [0, 0.05) is 19.5 Å². The highest BCUT2D eigenvalue weighted by molar-refractivity contribution is 9.10. The number of aryl methyl sites for hydroxylation is 2. The molecule has 2 aromatic rings. The van der Waals surface area contributed by atoms with Gasteiger partial charge in [-0.25, -0.2) is 4.79 Å². The second-order valence-corrected chi connectivity index (χ2v) is 5.40. The summed E-state index contributed by atoms with van der Waals surface area (Å²) in [6, 6.07) is 8.76. The Balaban J connectivity index is 1.96. The molecule has 0 aliphatic carbocycles. The van der Waals surface area contributed by atoms with Gasteiger partial charge in [-0.3, -0.25) is 9.48 Å². The number of ether oxygens (including phenoxy) is 1. The Morgan fingerprint density at radius 2 is 1.95 bits per heavy atom. The van der Waals surface area contributed by atoms with Crippen molar-refractivity contribution in [3.63, 3.8) is 0 Å². The van der Waals surface area contributed by atoms with Crippen LogP contribution in [0.5, 0.6) is 0 Å². The van der Waals surface area contributed by atoms with E-state index in [1.165, 1.54) is 7.11 Å². The fraction of sp³-hybridized carbons (Fsp3) is 0.267. The summed E-state index contributed by atoms with van der Waals surface area (Å²) in [6.45, 7) is 0. The van der Waals surface area contributed by atoms with Gasteiger partial charge in [0.15, 0.2) is 5.78 Å². The van der Waals surface area contributed by atoms with E-state index in [2.05, 4.69) is 25.8 Å². The fourth-order valence-electron chi connectivity index (χ4n) is 1.89. The molecule has 110 valence electrons. The van der Waals surface area contributed by atoms with Gasteiger partial charge in [0.05, 0.1) is 12.7 Å². The molecule has 6 heteroatoms. The van der Waals surface area contributed by atoms with Crippen LogP contribution in [0.3, 0.4) is 0 Å². The molecule has 21 heavy (non-hydrogen) atoms. The first-order valence-electron chi connectivity index (χ1n) is 6.41. The van der Waals surface area contributed by atoms with Crippen molar-refractivity contribution in [3.8, 4) is 0 Å². The molecule has 0 saturated carbocycles. The summed E-state index contributed by atoms with van der Waals surface area (Å²) in [5.41, 5.74) is 1.95. The molecule has 1 aromatic carbocycles. The van der Waals surface area contributed by atoms with Crippen LogP contribution < -0.4 is 0 Å². The molecule has 0 fully saturated rings. The summed E-state index contributed by atoms with van der Waals surface area (Å²) in [5.74, 6) is -0.371. The van der Waals surface area contributed by atoms with E-state index in [1.807, 2.05) is 12.1 Å². The first-order chi connectivity index (χ1) is 10.0. The van der Waals surface area contributed by atoms with Crippen molar-refractivity contribution >= 4 is 27.7 Å². The van der Waals surface area contributed by atoms with Gasteiger partial charge in [0.2, 0.25) is 0 Å². The first-order valence-corrected chi connectivity index (χ1v) is 7.20. The lowest BCUT2D eigenvalue weighted by atomic mass is 10.0. The zero-order valence-corrected chi connectivity index (χ0v) is 13.4. The molecular formula is C15H15BrN2O3. The van der Waals surface area contributed by atoms with Crippen LogP contribution in [-0.4, -0.2) is 28.6 Å². The SMILES string of the molecule is COC(=O)c1ccc(CCC(=O)c2cc(Br)n(C)n2)cc1. The Bertz CT molecular complexity index is 643. The van der Waals surface area contributed by atoms with Crippen molar-refractivity contribution in [2.75, 3.05) is 7.11 Å². The lowest BCUT2D eigenvalue weighted by Crippen LogP contribution is -2.04. The van der Waals surface area contributed by atoms with Crippen molar-refractivity contribution in [3.05, 3.63) is 51.8 Å². The van der Waals surface area contributed by atoms with Crippen molar-refractivity contribution in [2.24, 2.45) is 7.05 Å². The molecule has 2 rings (SSSR count). The predicted molar refractivity (Wildman–Crippen MR) is 81.3 cm³/mol. The van der Waals surface area contributed by atoms with Crippen molar-refractivity contribution in [1.82, 2.24) is 9.78 Å². The van der Waals surface area contributed by atoms with Gasteiger partial charge >= 0.3 is 5.97 Å². The highest BCUT2D eigenvalue weighted by Crippen LogP contribution is 2.14. The molecule has 1 heterocycles. The summed E-state index contributed by atoms with van der Waals surface area (Å²) in [7, 11) is 3.12. The van der Waals surface area contributed by atoms with Crippen LogP contribution in [0.25, 0.3) is 0 Å². The van der Waals surface area contributed by atoms with Crippen LogP contribution in [-0.2, 0) is 18.2 Å². The number of ketones is 1. The third kappa shape index (κ3) is 3.78. The van der Waals surface area contributed by atoms with Gasteiger partial charge in [-0.1, -0.05) is 12.1 Å². The van der Waals surface area contributed by atoms with Gasteiger partial charge in [-0.2, -0.15) is 5.10 Å². The van der Waals surface area contributed by atoms with Crippen molar-refractivity contribution in [1.29, 1.82) is 0 Å².